The second-order valence-corrected chi connectivity index (χ2v) is 5.58. The summed E-state index contributed by atoms with van der Waals surface area (Å²) in [6.07, 6.45) is 0.287. The van der Waals surface area contributed by atoms with Crippen LogP contribution in [-0.4, -0.2) is 36.9 Å². The number of carbonyl (C=O) groups is 1. The molecule has 0 saturated heterocycles. The minimum atomic E-state index is -1.21. The molecule has 1 aromatic rings. The van der Waals surface area contributed by atoms with Crippen molar-refractivity contribution in [2.24, 2.45) is 0 Å². The lowest BCUT2D eigenvalue weighted by Crippen LogP contribution is -2.41. The monoisotopic (exact) mass is 351 g/mol. The molecule has 7 heteroatoms. The Morgan fingerprint density at radius 3 is 2.50 bits per heavy atom. The minimum Gasteiger partial charge on any atom is -0.388 e. The van der Waals surface area contributed by atoms with E-state index in [1.54, 1.807) is 0 Å². The Hall–Kier alpha value is -1.05. The molecule has 0 heterocycles. The van der Waals surface area contributed by atoms with Gasteiger partial charge < -0.3 is 15.2 Å². The number of aliphatic hydroxyl groups is 1. The van der Waals surface area contributed by atoms with E-state index in [1.165, 1.54) is 14.0 Å². The van der Waals surface area contributed by atoms with Crippen LogP contribution in [0.1, 0.15) is 23.7 Å². The molecule has 0 aliphatic rings. The Balaban J connectivity index is 2.73. The standard InChI is InChI=1S/C13H16BrF2NO3/c1-13(19,3-4-20-2)7-17-12(18)11-9(15)5-8(14)6-10(11)16/h5-6,19H,3-4,7H2,1-2H3,(H,17,18). The van der Waals surface area contributed by atoms with Crippen LogP contribution in [0.25, 0.3) is 0 Å². The molecule has 0 spiro atoms. The largest absolute Gasteiger partial charge is 0.388 e. The van der Waals surface area contributed by atoms with Gasteiger partial charge >= 0.3 is 0 Å². The molecule has 0 aliphatic heterocycles. The smallest absolute Gasteiger partial charge is 0.257 e. The van der Waals surface area contributed by atoms with E-state index in [0.717, 1.165) is 12.1 Å². The van der Waals surface area contributed by atoms with Gasteiger partial charge in [-0.25, -0.2) is 8.78 Å². The van der Waals surface area contributed by atoms with Gasteiger partial charge in [-0.15, -0.1) is 0 Å². The first-order valence-electron chi connectivity index (χ1n) is 5.91. The summed E-state index contributed by atoms with van der Waals surface area (Å²) in [5, 5.41) is 12.2. The number of rotatable bonds is 6. The van der Waals surface area contributed by atoms with Crippen LogP contribution in [0.3, 0.4) is 0 Å². The highest BCUT2D eigenvalue weighted by atomic mass is 79.9. The van der Waals surface area contributed by atoms with Gasteiger partial charge in [-0.1, -0.05) is 15.9 Å². The third-order valence-electron chi connectivity index (χ3n) is 2.71. The van der Waals surface area contributed by atoms with Crippen molar-refractivity contribution in [1.29, 1.82) is 0 Å². The van der Waals surface area contributed by atoms with Crippen molar-refractivity contribution in [3.63, 3.8) is 0 Å². The SMILES string of the molecule is COCCC(C)(O)CNC(=O)c1c(F)cc(Br)cc1F. The van der Waals surface area contributed by atoms with Crippen molar-refractivity contribution in [2.75, 3.05) is 20.3 Å². The summed E-state index contributed by atoms with van der Waals surface area (Å²) >= 11 is 2.93. The van der Waals surface area contributed by atoms with Crippen LogP contribution in [0.15, 0.2) is 16.6 Å². The molecule has 20 heavy (non-hydrogen) atoms. The Labute approximate surface area is 124 Å². The van der Waals surface area contributed by atoms with Crippen molar-refractivity contribution < 1.29 is 23.4 Å². The highest BCUT2D eigenvalue weighted by molar-refractivity contribution is 9.10. The molecular weight excluding hydrogens is 336 g/mol. The summed E-state index contributed by atoms with van der Waals surface area (Å²) in [6.45, 7) is 1.68. The molecule has 1 aromatic carbocycles. The zero-order chi connectivity index (χ0) is 15.3. The third-order valence-corrected chi connectivity index (χ3v) is 3.17. The lowest BCUT2D eigenvalue weighted by molar-refractivity contribution is 0.0242. The summed E-state index contributed by atoms with van der Waals surface area (Å²) in [7, 11) is 1.49. The first-order chi connectivity index (χ1) is 9.26. The molecular formula is C13H16BrF2NO3. The maximum absolute atomic E-state index is 13.6. The summed E-state index contributed by atoms with van der Waals surface area (Å²) in [4.78, 5) is 11.8. The zero-order valence-corrected chi connectivity index (χ0v) is 12.8. The fourth-order valence-corrected chi connectivity index (χ4v) is 1.93. The molecule has 2 N–H and O–H groups in total. The Bertz CT molecular complexity index is 471. The highest BCUT2D eigenvalue weighted by Crippen LogP contribution is 2.19. The Kier molecular flexibility index (Phi) is 6.04. The summed E-state index contributed by atoms with van der Waals surface area (Å²) < 4.78 is 32.2. The number of methoxy groups -OCH3 is 1. The third kappa shape index (κ3) is 4.81. The van der Waals surface area contributed by atoms with E-state index in [9.17, 15) is 18.7 Å². The van der Waals surface area contributed by atoms with Gasteiger partial charge in [0.05, 0.1) is 5.60 Å². The van der Waals surface area contributed by atoms with Crippen LogP contribution in [0.4, 0.5) is 8.78 Å². The average Bonchev–Trinajstić information content (AvgIpc) is 2.33. The van der Waals surface area contributed by atoms with Crippen molar-refractivity contribution in [3.05, 3.63) is 33.8 Å². The number of benzene rings is 1. The number of carbonyl (C=O) groups excluding carboxylic acids is 1. The molecule has 0 bridgehead atoms. The fourth-order valence-electron chi connectivity index (χ4n) is 1.53. The van der Waals surface area contributed by atoms with E-state index in [-0.39, 0.29) is 17.4 Å². The first kappa shape index (κ1) is 17.0. The van der Waals surface area contributed by atoms with E-state index in [4.69, 9.17) is 4.74 Å². The molecule has 4 nitrogen and oxygen atoms in total. The Morgan fingerprint density at radius 1 is 1.45 bits per heavy atom. The molecule has 1 amide bonds. The van der Waals surface area contributed by atoms with Gasteiger partial charge in [-0.3, -0.25) is 4.79 Å². The second-order valence-electron chi connectivity index (χ2n) is 4.67. The maximum Gasteiger partial charge on any atom is 0.257 e. The zero-order valence-electron chi connectivity index (χ0n) is 11.2. The first-order valence-corrected chi connectivity index (χ1v) is 6.70. The normalized spacial score (nSPS) is 13.9. The number of hydrogen-bond donors (Lipinski definition) is 2. The van der Waals surface area contributed by atoms with Crippen LogP contribution < -0.4 is 5.32 Å². The van der Waals surface area contributed by atoms with Crippen LogP contribution >= 0.6 is 15.9 Å². The molecule has 112 valence electrons. The highest BCUT2D eigenvalue weighted by Gasteiger charge is 2.24. The number of hydrogen-bond acceptors (Lipinski definition) is 3. The van der Waals surface area contributed by atoms with Gasteiger partial charge in [0.2, 0.25) is 0 Å². The van der Waals surface area contributed by atoms with E-state index < -0.39 is 28.7 Å². The number of nitrogens with one attached hydrogen (secondary N) is 1. The predicted molar refractivity (Wildman–Crippen MR) is 73.5 cm³/mol. The molecule has 1 rings (SSSR count). The summed E-state index contributed by atoms with van der Waals surface area (Å²) in [5.74, 6) is -2.85. The van der Waals surface area contributed by atoms with Gasteiger partial charge in [0.1, 0.15) is 17.2 Å². The van der Waals surface area contributed by atoms with E-state index in [1.807, 2.05) is 0 Å². The molecule has 0 saturated carbocycles. The molecule has 0 aromatic heterocycles. The van der Waals surface area contributed by atoms with E-state index in [2.05, 4.69) is 21.2 Å². The van der Waals surface area contributed by atoms with Gasteiger partial charge in [0.25, 0.3) is 5.91 Å². The van der Waals surface area contributed by atoms with E-state index >= 15 is 0 Å². The fraction of sp³-hybridized carbons (Fsp3) is 0.462. The average molecular weight is 352 g/mol. The summed E-state index contributed by atoms with van der Waals surface area (Å²) in [6, 6.07) is 2.00. The summed E-state index contributed by atoms with van der Waals surface area (Å²) in [5.41, 5.74) is -1.88. The topological polar surface area (TPSA) is 58.6 Å². The van der Waals surface area contributed by atoms with Gasteiger partial charge in [-0.2, -0.15) is 0 Å². The molecule has 0 radical (unpaired) electrons. The molecule has 0 fully saturated rings. The lowest BCUT2D eigenvalue weighted by atomic mass is 10.0. The van der Waals surface area contributed by atoms with E-state index in [0.29, 0.717) is 6.61 Å². The second kappa shape index (κ2) is 7.10. The maximum atomic E-state index is 13.6. The van der Waals surface area contributed by atoms with Crippen molar-refractivity contribution in [1.82, 2.24) is 5.32 Å². The number of ether oxygens (including phenoxy) is 1. The quantitative estimate of drug-likeness (QED) is 0.826. The van der Waals surface area contributed by atoms with Crippen molar-refractivity contribution >= 4 is 21.8 Å². The van der Waals surface area contributed by atoms with Gasteiger partial charge in [0, 0.05) is 31.2 Å². The van der Waals surface area contributed by atoms with Crippen LogP contribution in [0.5, 0.6) is 0 Å². The van der Waals surface area contributed by atoms with Crippen LogP contribution in [0, 0.1) is 11.6 Å². The predicted octanol–water partition coefficient (Wildman–Crippen LogP) is 2.24. The van der Waals surface area contributed by atoms with Gasteiger partial charge in [0.15, 0.2) is 0 Å². The van der Waals surface area contributed by atoms with Crippen molar-refractivity contribution in [2.45, 2.75) is 18.9 Å². The van der Waals surface area contributed by atoms with Crippen molar-refractivity contribution in [3.8, 4) is 0 Å². The molecule has 1 unspecified atom stereocenters. The van der Waals surface area contributed by atoms with Crippen LogP contribution in [0.2, 0.25) is 0 Å². The van der Waals surface area contributed by atoms with Gasteiger partial charge in [-0.05, 0) is 19.1 Å². The number of amides is 1. The van der Waals surface area contributed by atoms with Crippen LogP contribution in [-0.2, 0) is 4.74 Å². The Morgan fingerprint density at radius 2 is 2.00 bits per heavy atom. The lowest BCUT2D eigenvalue weighted by Gasteiger charge is -2.23. The number of halogens is 3. The minimum absolute atomic E-state index is 0.135. The molecule has 0 aliphatic carbocycles. The molecule has 1 atom stereocenters.